The van der Waals surface area contributed by atoms with Gasteiger partial charge in [0.25, 0.3) is 0 Å². The molecular weight excluding hydrogens is 429 g/mol. The van der Waals surface area contributed by atoms with Crippen LogP contribution in [0.1, 0.15) is 34.2 Å². The van der Waals surface area contributed by atoms with Gasteiger partial charge in [0.2, 0.25) is 0 Å². The highest BCUT2D eigenvalue weighted by molar-refractivity contribution is 5.66. The van der Waals surface area contributed by atoms with Crippen LogP contribution in [0.25, 0.3) is 11.1 Å². The van der Waals surface area contributed by atoms with Crippen molar-refractivity contribution in [1.82, 2.24) is 0 Å². The molecule has 3 aromatic rings. The summed E-state index contributed by atoms with van der Waals surface area (Å²) in [7, 11) is 0. The van der Waals surface area contributed by atoms with Crippen molar-refractivity contribution in [3.63, 3.8) is 0 Å². The second-order valence-electron chi connectivity index (χ2n) is 8.08. The number of ether oxygens (including phenoxy) is 2. The van der Waals surface area contributed by atoms with E-state index >= 15 is 0 Å². The first-order valence-electron chi connectivity index (χ1n) is 10.6. The van der Waals surface area contributed by atoms with Gasteiger partial charge in [0.05, 0.1) is 37.0 Å². The summed E-state index contributed by atoms with van der Waals surface area (Å²) in [6.45, 7) is 1.02. The van der Waals surface area contributed by atoms with E-state index in [1.807, 2.05) is 30.3 Å². The van der Waals surface area contributed by atoms with Crippen LogP contribution in [0.3, 0.4) is 0 Å². The molecule has 1 aliphatic heterocycles. The number of nitriles is 1. The van der Waals surface area contributed by atoms with Crippen LogP contribution in [-0.2, 0) is 34.5 Å². The lowest BCUT2D eigenvalue weighted by Crippen LogP contribution is -2.34. The van der Waals surface area contributed by atoms with Crippen molar-refractivity contribution in [3.8, 4) is 17.2 Å². The number of fused-ring (bicyclic) bond motifs is 1. The van der Waals surface area contributed by atoms with Crippen LogP contribution >= 0.6 is 0 Å². The van der Waals surface area contributed by atoms with Gasteiger partial charge in [0.15, 0.2) is 0 Å². The number of rotatable bonds is 7. The Morgan fingerprint density at radius 1 is 1.03 bits per heavy atom. The zero-order valence-corrected chi connectivity index (χ0v) is 17.9. The minimum absolute atomic E-state index is 0.00888. The van der Waals surface area contributed by atoms with Crippen LogP contribution in [0.4, 0.5) is 13.2 Å². The standard InChI is InChI=1S/C26H23F3N2O2/c27-26(28,29)23-12-19(11-22(13-23)20-7-5-18(14-31)6-8-20)15-32-17-25(9-10-30)24-4-2-1-3-21(24)16-33-25/h1-8,11-13H,9-10,15-17,30H2. The van der Waals surface area contributed by atoms with E-state index < -0.39 is 17.3 Å². The topological polar surface area (TPSA) is 68.3 Å². The second-order valence-corrected chi connectivity index (χ2v) is 8.08. The molecule has 4 rings (SSSR count). The molecule has 0 amide bonds. The molecule has 1 atom stereocenters. The Morgan fingerprint density at radius 2 is 1.79 bits per heavy atom. The molecule has 0 spiro atoms. The van der Waals surface area contributed by atoms with Crippen LogP contribution in [-0.4, -0.2) is 13.2 Å². The quantitative estimate of drug-likeness (QED) is 0.511. The summed E-state index contributed by atoms with van der Waals surface area (Å²) in [5.41, 5.74) is 8.29. The Hall–Kier alpha value is -3.18. The van der Waals surface area contributed by atoms with Crippen molar-refractivity contribution in [1.29, 1.82) is 5.26 Å². The molecule has 1 aliphatic rings. The Balaban J connectivity index is 1.58. The van der Waals surface area contributed by atoms with E-state index in [1.54, 1.807) is 30.3 Å². The molecule has 170 valence electrons. The van der Waals surface area contributed by atoms with Crippen LogP contribution in [0.15, 0.2) is 66.7 Å². The molecule has 33 heavy (non-hydrogen) atoms. The first-order valence-corrected chi connectivity index (χ1v) is 10.6. The van der Waals surface area contributed by atoms with E-state index in [0.717, 1.165) is 23.3 Å². The molecule has 0 saturated carbocycles. The van der Waals surface area contributed by atoms with Crippen molar-refractivity contribution in [3.05, 3.63) is 94.5 Å². The SMILES string of the molecule is N#Cc1ccc(-c2cc(COCC3(CCN)OCc4ccccc43)cc(C(F)(F)F)c2)cc1. The maximum Gasteiger partial charge on any atom is 0.416 e. The van der Waals surface area contributed by atoms with Gasteiger partial charge >= 0.3 is 6.18 Å². The van der Waals surface area contributed by atoms with Gasteiger partial charge in [0.1, 0.15) is 5.60 Å². The number of benzene rings is 3. The fourth-order valence-electron chi connectivity index (χ4n) is 4.19. The Labute approximate surface area is 190 Å². The molecule has 3 aromatic carbocycles. The number of nitrogens with two attached hydrogens (primary N) is 1. The third-order valence-electron chi connectivity index (χ3n) is 5.83. The largest absolute Gasteiger partial charge is 0.416 e. The summed E-state index contributed by atoms with van der Waals surface area (Å²) in [5, 5.41) is 8.97. The summed E-state index contributed by atoms with van der Waals surface area (Å²) in [5.74, 6) is 0. The van der Waals surface area contributed by atoms with Crippen molar-refractivity contribution < 1.29 is 22.6 Å². The second kappa shape index (κ2) is 9.36. The zero-order chi connectivity index (χ0) is 23.5. The van der Waals surface area contributed by atoms with Gasteiger partial charge in [-0.1, -0.05) is 36.4 Å². The molecule has 0 aromatic heterocycles. The van der Waals surface area contributed by atoms with Crippen molar-refractivity contribution >= 4 is 0 Å². The molecule has 4 nitrogen and oxygen atoms in total. The highest BCUT2D eigenvalue weighted by Gasteiger charge is 2.39. The zero-order valence-electron chi connectivity index (χ0n) is 17.9. The van der Waals surface area contributed by atoms with Crippen molar-refractivity contribution in [2.75, 3.05) is 13.2 Å². The summed E-state index contributed by atoms with van der Waals surface area (Å²) in [4.78, 5) is 0. The maximum atomic E-state index is 13.6. The highest BCUT2D eigenvalue weighted by Crippen LogP contribution is 2.40. The van der Waals surface area contributed by atoms with E-state index in [4.69, 9.17) is 20.5 Å². The summed E-state index contributed by atoms with van der Waals surface area (Å²) < 4.78 is 52.7. The van der Waals surface area contributed by atoms with E-state index in [1.165, 1.54) is 0 Å². The predicted octanol–water partition coefficient (Wildman–Crippen LogP) is 5.54. The van der Waals surface area contributed by atoms with E-state index in [0.29, 0.717) is 41.8 Å². The first kappa shape index (κ1) is 23.0. The van der Waals surface area contributed by atoms with E-state index in [2.05, 4.69) is 0 Å². The number of alkyl halides is 3. The maximum absolute atomic E-state index is 13.6. The lowest BCUT2D eigenvalue weighted by Gasteiger charge is -2.29. The monoisotopic (exact) mass is 452 g/mol. The lowest BCUT2D eigenvalue weighted by atomic mass is 9.90. The number of nitrogens with zero attached hydrogens (tertiary/aromatic N) is 1. The lowest BCUT2D eigenvalue weighted by molar-refractivity contribution is -0.137. The molecule has 0 saturated heterocycles. The van der Waals surface area contributed by atoms with Crippen molar-refractivity contribution in [2.24, 2.45) is 5.73 Å². The normalized spacial score (nSPS) is 17.5. The van der Waals surface area contributed by atoms with Crippen LogP contribution in [0.5, 0.6) is 0 Å². The fourth-order valence-corrected chi connectivity index (χ4v) is 4.19. The average molecular weight is 452 g/mol. The van der Waals surface area contributed by atoms with Gasteiger partial charge in [-0.3, -0.25) is 0 Å². The minimum atomic E-state index is -4.49. The van der Waals surface area contributed by atoms with Gasteiger partial charge in [-0.05, 0) is 71.1 Å². The summed E-state index contributed by atoms with van der Waals surface area (Å²) >= 11 is 0. The average Bonchev–Trinajstić information content (AvgIpc) is 3.17. The summed E-state index contributed by atoms with van der Waals surface area (Å²) in [6.07, 6.45) is -3.95. The molecule has 1 unspecified atom stereocenters. The van der Waals surface area contributed by atoms with Crippen LogP contribution < -0.4 is 5.73 Å². The van der Waals surface area contributed by atoms with E-state index in [-0.39, 0.29) is 13.2 Å². The molecular formula is C26H23F3N2O2. The Morgan fingerprint density at radius 3 is 2.48 bits per heavy atom. The summed E-state index contributed by atoms with van der Waals surface area (Å²) in [6, 6.07) is 20.2. The smallest absolute Gasteiger partial charge is 0.373 e. The highest BCUT2D eigenvalue weighted by atomic mass is 19.4. The number of hydrogen-bond acceptors (Lipinski definition) is 4. The number of hydrogen-bond donors (Lipinski definition) is 1. The molecule has 0 aliphatic carbocycles. The van der Waals surface area contributed by atoms with Gasteiger partial charge in [-0.15, -0.1) is 0 Å². The molecule has 7 heteroatoms. The molecule has 1 heterocycles. The Kier molecular flexibility index (Phi) is 6.52. The molecule has 0 fully saturated rings. The molecule has 0 bridgehead atoms. The Bertz CT molecular complexity index is 1170. The minimum Gasteiger partial charge on any atom is -0.373 e. The van der Waals surface area contributed by atoms with Crippen LogP contribution in [0, 0.1) is 11.3 Å². The van der Waals surface area contributed by atoms with E-state index in [9.17, 15) is 13.2 Å². The van der Waals surface area contributed by atoms with Gasteiger partial charge in [-0.25, -0.2) is 0 Å². The van der Waals surface area contributed by atoms with Crippen molar-refractivity contribution in [2.45, 2.75) is 31.4 Å². The molecule has 0 radical (unpaired) electrons. The molecule has 2 N–H and O–H groups in total. The van der Waals surface area contributed by atoms with Gasteiger partial charge in [0, 0.05) is 0 Å². The fraction of sp³-hybridized carbons (Fsp3) is 0.269. The predicted molar refractivity (Wildman–Crippen MR) is 118 cm³/mol. The first-order chi connectivity index (χ1) is 15.8. The van der Waals surface area contributed by atoms with Gasteiger partial charge in [-0.2, -0.15) is 18.4 Å². The van der Waals surface area contributed by atoms with Crippen LogP contribution in [0.2, 0.25) is 0 Å². The third-order valence-corrected chi connectivity index (χ3v) is 5.83. The third kappa shape index (κ3) is 4.93. The van der Waals surface area contributed by atoms with Gasteiger partial charge < -0.3 is 15.2 Å². The number of halogens is 3.